The Morgan fingerprint density at radius 3 is 2.08 bits per heavy atom. The average Bonchev–Trinajstić information content (AvgIpc) is 1.84. The summed E-state index contributed by atoms with van der Waals surface area (Å²) < 4.78 is 4.50. The molecule has 0 heterocycles. The van der Waals surface area contributed by atoms with Crippen molar-refractivity contribution in [3.63, 3.8) is 0 Å². The van der Waals surface area contributed by atoms with E-state index in [2.05, 4.69) is 11.3 Å². The van der Waals surface area contributed by atoms with Gasteiger partial charge in [-0.1, -0.05) is 6.58 Å². The molecule has 12 heavy (non-hydrogen) atoms. The lowest BCUT2D eigenvalue weighted by molar-refractivity contribution is -0.263. The Morgan fingerprint density at radius 2 is 1.83 bits per heavy atom. The van der Waals surface area contributed by atoms with Crippen LogP contribution in [-0.2, 0) is 9.53 Å². The maximum Gasteiger partial charge on any atom is 0.332 e. The molecule has 4 heteroatoms. The summed E-state index contributed by atoms with van der Waals surface area (Å²) in [6.07, 6.45) is 0.917. The summed E-state index contributed by atoms with van der Waals surface area (Å²) in [6.45, 7) is 7.04. The van der Waals surface area contributed by atoms with Gasteiger partial charge >= 0.3 is 5.97 Å². The van der Waals surface area contributed by atoms with Gasteiger partial charge in [-0.2, -0.15) is 0 Å². The minimum atomic E-state index is -1.90. The van der Waals surface area contributed by atoms with Gasteiger partial charge in [0.2, 0.25) is 5.79 Å². The van der Waals surface area contributed by atoms with Crippen LogP contribution >= 0.6 is 0 Å². The molecule has 0 rings (SSSR count). The molecule has 0 fully saturated rings. The van der Waals surface area contributed by atoms with E-state index in [0.717, 1.165) is 6.08 Å². The maximum atomic E-state index is 10.7. The van der Waals surface area contributed by atoms with E-state index < -0.39 is 17.4 Å². The number of ether oxygens (including phenoxy) is 1. The number of hydrogen-bond donors (Lipinski definition) is 2. The van der Waals surface area contributed by atoms with E-state index in [1.807, 2.05) is 0 Å². The highest BCUT2D eigenvalue weighted by Gasteiger charge is 2.41. The maximum absolute atomic E-state index is 10.7. The first-order valence-electron chi connectivity index (χ1n) is 3.51. The third-order valence-corrected chi connectivity index (χ3v) is 1.60. The van der Waals surface area contributed by atoms with E-state index >= 15 is 0 Å². The summed E-state index contributed by atoms with van der Waals surface area (Å²) in [5.41, 5.74) is -1.51. The summed E-state index contributed by atoms with van der Waals surface area (Å²) >= 11 is 0. The van der Waals surface area contributed by atoms with Gasteiger partial charge in [-0.05, 0) is 13.8 Å². The normalized spacial score (nSPS) is 16.4. The first kappa shape index (κ1) is 11.1. The second-order valence-electron chi connectivity index (χ2n) is 3.17. The molecule has 0 aliphatic rings. The molecular formula is C8H14O4. The summed E-state index contributed by atoms with van der Waals surface area (Å²) in [7, 11) is 0. The van der Waals surface area contributed by atoms with Crippen LogP contribution < -0.4 is 0 Å². The predicted molar refractivity (Wildman–Crippen MR) is 43.2 cm³/mol. The van der Waals surface area contributed by atoms with Gasteiger partial charge < -0.3 is 14.9 Å². The molecule has 0 aromatic carbocycles. The minimum absolute atomic E-state index is 0.776. The van der Waals surface area contributed by atoms with Crippen LogP contribution in [0.5, 0.6) is 0 Å². The first-order chi connectivity index (χ1) is 5.20. The van der Waals surface area contributed by atoms with Gasteiger partial charge in [0.15, 0.2) is 0 Å². The lowest BCUT2D eigenvalue weighted by atomic mass is 10.00. The molecule has 0 aliphatic carbocycles. The minimum Gasteiger partial charge on any atom is -0.427 e. The number of carbonyl (C=O) groups excluding carboxylic acids is 1. The Hall–Kier alpha value is -0.870. The first-order valence-corrected chi connectivity index (χ1v) is 3.51. The molecular weight excluding hydrogens is 160 g/mol. The van der Waals surface area contributed by atoms with E-state index in [4.69, 9.17) is 0 Å². The molecule has 0 saturated carbocycles. The Balaban J connectivity index is 4.43. The summed E-state index contributed by atoms with van der Waals surface area (Å²) in [4.78, 5) is 10.7. The van der Waals surface area contributed by atoms with Crippen molar-refractivity contribution in [3.8, 4) is 0 Å². The molecule has 4 nitrogen and oxygen atoms in total. The second-order valence-corrected chi connectivity index (χ2v) is 3.17. The van der Waals surface area contributed by atoms with Crippen molar-refractivity contribution in [2.45, 2.75) is 32.2 Å². The van der Waals surface area contributed by atoms with Gasteiger partial charge in [-0.15, -0.1) is 0 Å². The molecule has 0 aromatic rings. The zero-order chi connectivity index (χ0) is 9.99. The smallest absolute Gasteiger partial charge is 0.332 e. The number of carbonyl (C=O) groups is 1. The molecule has 1 unspecified atom stereocenters. The van der Waals surface area contributed by atoms with Crippen molar-refractivity contribution >= 4 is 5.97 Å². The Kier molecular flexibility index (Phi) is 3.01. The zero-order valence-corrected chi connectivity index (χ0v) is 7.50. The van der Waals surface area contributed by atoms with E-state index in [1.54, 1.807) is 0 Å². The predicted octanol–water partition coefficient (Wildman–Crippen LogP) is 0.195. The quantitative estimate of drug-likeness (QED) is 0.364. The van der Waals surface area contributed by atoms with Crippen LogP contribution in [-0.4, -0.2) is 27.6 Å². The fourth-order valence-corrected chi connectivity index (χ4v) is 0.362. The van der Waals surface area contributed by atoms with Crippen LogP contribution in [0.15, 0.2) is 12.7 Å². The van der Waals surface area contributed by atoms with Crippen LogP contribution in [0, 0.1) is 0 Å². The molecule has 0 amide bonds. The van der Waals surface area contributed by atoms with Crippen molar-refractivity contribution < 1.29 is 19.7 Å². The van der Waals surface area contributed by atoms with Crippen LogP contribution in [0.25, 0.3) is 0 Å². The van der Waals surface area contributed by atoms with E-state index in [1.165, 1.54) is 20.8 Å². The molecule has 0 saturated heterocycles. The highest BCUT2D eigenvalue weighted by molar-refractivity contribution is 5.81. The van der Waals surface area contributed by atoms with Gasteiger partial charge in [0.05, 0.1) is 0 Å². The highest BCUT2D eigenvalue weighted by Crippen LogP contribution is 2.22. The fraction of sp³-hybridized carbons (Fsp3) is 0.625. The van der Waals surface area contributed by atoms with Crippen molar-refractivity contribution in [2.24, 2.45) is 0 Å². The Bertz CT molecular complexity index is 188. The lowest BCUT2D eigenvalue weighted by Crippen LogP contribution is -2.50. The zero-order valence-electron chi connectivity index (χ0n) is 7.50. The average molecular weight is 174 g/mol. The van der Waals surface area contributed by atoms with Crippen molar-refractivity contribution in [1.82, 2.24) is 0 Å². The van der Waals surface area contributed by atoms with E-state index in [-0.39, 0.29) is 0 Å². The standard InChI is InChI=1S/C8H14O4/c1-5-6(9)12-8(4,11)7(2,3)10/h5,10-11H,1H2,2-4H3. The molecule has 0 radical (unpaired) electrons. The molecule has 0 aliphatic heterocycles. The van der Waals surface area contributed by atoms with Crippen LogP contribution in [0.2, 0.25) is 0 Å². The molecule has 0 spiro atoms. The van der Waals surface area contributed by atoms with Gasteiger partial charge in [0.1, 0.15) is 5.60 Å². The topological polar surface area (TPSA) is 66.8 Å². The monoisotopic (exact) mass is 174 g/mol. The van der Waals surface area contributed by atoms with Crippen molar-refractivity contribution in [3.05, 3.63) is 12.7 Å². The summed E-state index contributed by atoms with van der Waals surface area (Å²) in [5.74, 6) is -2.68. The van der Waals surface area contributed by atoms with Crippen LogP contribution in [0.4, 0.5) is 0 Å². The van der Waals surface area contributed by atoms with Gasteiger partial charge in [-0.3, -0.25) is 0 Å². The highest BCUT2D eigenvalue weighted by atomic mass is 16.7. The SMILES string of the molecule is C=CC(=O)OC(C)(O)C(C)(C)O. The molecule has 0 bridgehead atoms. The lowest BCUT2D eigenvalue weighted by Gasteiger charge is -2.33. The van der Waals surface area contributed by atoms with Crippen LogP contribution in [0.3, 0.4) is 0 Å². The number of aliphatic hydroxyl groups is 2. The molecule has 2 N–H and O–H groups in total. The van der Waals surface area contributed by atoms with Gasteiger partial charge in [-0.25, -0.2) is 4.79 Å². The number of hydrogen-bond acceptors (Lipinski definition) is 4. The summed E-state index contributed by atoms with van der Waals surface area (Å²) in [6, 6.07) is 0. The Labute approximate surface area is 71.5 Å². The number of rotatable bonds is 3. The third kappa shape index (κ3) is 2.64. The largest absolute Gasteiger partial charge is 0.427 e. The van der Waals surface area contributed by atoms with Gasteiger partial charge in [0.25, 0.3) is 0 Å². The third-order valence-electron chi connectivity index (χ3n) is 1.60. The molecule has 70 valence electrons. The van der Waals surface area contributed by atoms with E-state index in [9.17, 15) is 15.0 Å². The second kappa shape index (κ2) is 3.25. The van der Waals surface area contributed by atoms with Crippen molar-refractivity contribution in [1.29, 1.82) is 0 Å². The molecule has 1 atom stereocenters. The van der Waals surface area contributed by atoms with E-state index in [0.29, 0.717) is 0 Å². The van der Waals surface area contributed by atoms with Gasteiger partial charge in [0, 0.05) is 13.0 Å². The fourth-order valence-electron chi connectivity index (χ4n) is 0.362. The van der Waals surface area contributed by atoms with Crippen LogP contribution in [0.1, 0.15) is 20.8 Å². The summed E-state index contributed by atoms with van der Waals surface area (Å²) in [5, 5.41) is 18.7. The molecule has 0 aromatic heterocycles. The van der Waals surface area contributed by atoms with Crippen molar-refractivity contribution in [2.75, 3.05) is 0 Å². The number of esters is 1. The Morgan fingerprint density at radius 1 is 1.42 bits per heavy atom.